The highest BCUT2D eigenvalue weighted by Crippen LogP contribution is 2.28. The molecule has 0 saturated heterocycles. The van der Waals surface area contributed by atoms with Gasteiger partial charge in [-0.2, -0.15) is 50.5 Å². The van der Waals surface area contributed by atoms with Gasteiger partial charge in [0.05, 0.1) is 36.0 Å². The molecule has 32 heteroatoms. The zero-order chi connectivity index (χ0) is 92.7. The molecule has 5 unspecified atom stereocenters. The molecule has 9 aromatic rings. The summed E-state index contributed by atoms with van der Waals surface area (Å²) < 4.78 is 0. The Hall–Kier alpha value is -10.8. The second-order valence-corrected chi connectivity index (χ2v) is 32.8. The quantitative estimate of drug-likeness (QED) is 0.0124. The number of rotatable bonds is 54. The van der Waals surface area contributed by atoms with E-state index >= 15 is 0 Å². The topological polar surface area (TPSA) is 504 Å². The zero-order valence-corrected chi connectivity index (χ0v) is 74.8. The van der Waals surface area contributed by atoms with Crippen molar-refractivity contribution in [1.29, 1.82) is 0 Å². The van der Waals surface area contributed by atoms with Crippen LogP contribution in [-0.2, 0) is 94.4 Å². The normalized spacial score (nSPS) is 13.2. The third-order valence-electron chi connectivity index (χ3n) is 21.6. The molecule has 127 heavy (non-hydrogen) atoms. The Labute approximate surface area is 761 Å². The van der Waals surface area contributed by atoms with E-state index in [1.807, 2.05) is 158 Å². The fourth-order valence-corrected chi connectivity index (χ4v) is 15.6. The van der Waals surface area contributed by atoms with Crippen molar-refractivity contribution >= 4 is 176 Å². The Morgan fingerprint density at radius 2 is 0.732 bits per heavy atom. The highest BCUT2D eigenvalue weighted by atomic mass is 32.1. The molecule has 0 aliphatic rings. The van der Waals surface area contributed by atoms with Crippen molar-refractivity contribution in [2.24, 2.45) is 52.5 Å². The van der Waals surface area contributed by atoms with Gasteiger partial charge in [0, 0.05) is 111 Å². The molecular weight excluding hydrogens is 1700 g/mol. The van der Waals surface area contributed by atoms with Gasteiger partial charge in [0.25, 0.3) is 0 Å². The molecule has 3 amide bonds. The van der Waals surface area contributed by atoms with Crippen LogP contribution in [0.3, 0.4) is 0 Å². The largest absolute Gasteiger partial charge is 0.481 e. The summed E-state index contributed by atoms with van der Waals surface area (Å²) in [5.41, 5.74) is 26.9. The average Bonchev–Trinajstić information content (AvgIpc) is 1.64. The number of carboxylic acid groups (broad SMARTS) is 5. The first kappa shape index (κ1) is 105. The third kappa shape index (κ3) is 36.4. The number of carbonyl (C=O) groups excluding carboxylic acids is 8. The number of aliphatic carboxylic acids is 5. The van der Waals surface area contributed by atoms with E-state index in [0.717, 1.165) is 78.2 Å². The molecule has 682 valence electrons. The predicted molar refractivity (Wildman–Crippen MR) is 507 cm³/mol. The Morgan fingerprint density at radius 3 is 1.18 bits per heavy atom. The van der Waals surface area contributed by atoms with Gasteiger partial charge in [-0.1, -0.05) is 165 Å². The molecule has 0 radical (unpaired) electrons. The molecule has 18 N–H and O–H groups in total. The molecule has 0 aliphatic carbocycles. The number of H-pyrrole nitrogens is 1. The van der Waals surface area contributed by atoms with Gasteiger partial charge in [-0.15, -0.1) is 0 Å². The number of nitrogens with one attached hydrogen (secondary N) is 5. The number of aromatic amines is 1. The van der Waals surface area contributed by atoms with Gasteiger partial charge in [0.2, 0.25) is 17.7 Å². The molecule has 0 saturated carbocycles. The Morgan fingerprint density at radius 1 is 0.346 bits per heavy atom. The van der Waals surface area contributed by atoms with Crippen molar-refractivity contribution in [2.45, 2.75) is 165 Å². The predicted octanol–water partition coefficient (Wildman–Crippen LogP) is 11.3. The molecule has 0 bridgehead atoms. The van der Waals surface area contributed by atoms with E-state index in [1.54, 1.807) is 12.3 Å². The van der Waals surface area contributed by atoms with Crippen molar-refractivity contribution in [3.8, 4) is 0 Å². The number of carbonyl (C=O) groups is 13. The third-order valence-corrected chi connectivity index (χ3v) is 23.2. The van der Waals surface area contributed by atoms with E-state index in [0.29, 0.717) is 102 Å². The van der Waals surface area contributed by atoms with Crippen LogP contribution in [-0.4, -0.2) is 185 Å². The minimum absolute atomic E-state index is 0.00958. The number of ketones is 5. The van der Waals surface area contributed by atoms with Gasteiger partial charge < -0.3 is 74.7 Å². The number of amides is 3. The van der Waals surface area contributed by atoms with E-state index in [4.69, 9.17) is 33.1 Å². The molecule has 0 aliphatic heterocycles. The molecule has 8 aromatic carbocycles. The molecule has 1 heterocycles. The number of nitrogens with two attached hydrogens (primary N) is 4. The summed E-state index contributed by atoms with van der Waals surface area (Å²) in [4.78, 5) is 166. The minimum atomic E-state index is -1.14. The Balaban J connectivity index is 0.000000264. The summed E-state index contributed by atoms with van der Waals surface area (Å²) >= 11 is 16.3. The number of unbranched alkanes of at least 4 members (excludes halogenated alkanes) is 4. The van der Waals surface area contributed by atoms with E-state index in [-0.39, 0.29) is 116 Å². The number of nitrogens with zero attached hydrogens (tertiary/aromatic N) is 1. The maximum Gasteiger partial charge on any atom is 0.327 e. The van der Waals surface area contributed by atoms with Crippen LogP contribution in [0.4, 0.5) is 5.69 Å². The number of Topliss-reactive ketones (excluding diaryl/α,β-unsaturated/α-hetero) is 5. The monoisotopic (exact) mass is 1820 g/mol. The number of anilines is 1. The summed E-state index contributed by atoms with van der Waals surface area (Å²) in [6.45, 7) is 1.93. The van der Waals surface area contributed by atoms with Gasteiger partial charge in [-0.05, 0) is 168 Å². The number of hydrogen-bond acceptors (Lipinski definition) is 23. The van der Waals surface area contributed by atoms with Crippen LogP contribution >= 0.6 is 50.5 Å². The number of imidazole rings is 1. The van der Waals surface area contributed by atoms with E-state index in [1.165, 1.54) is 6.33 Å². The van der Waals surface area contributed by atoms with Gasteiger partial charge in [-0.25, -0.2) is 19.4 Å². The smallest absolute Gasteiger partial charge is 0.327 e. The number of carboxylic acids is 5. The first-order valence-corrected chi connectivity index (χ1v) is 45.2. The van der Waals surface area contributed by atoms with Gasteiger partial charge in [0.15, 0.2) is 5.78 Å². The Bertz CT molecular complexity index is 5100. The van der Waals surface area contributed by atoms with Crippen LogP contribution in [0.5, 0.6) is 0 Å². The highest BCUT2D eigenvalue weighted by Gasteiger charge is 2.33. The molecule has 1 aromatic heterocycles. The first-order chi connectivity index (χ1) is 61.1. The maximum atomic E-state index is 13.5. The number of fused-ring (bicyclic) bond motifs is 4. The van der Waals surface area contributed by atoms with Crippen LogP contribution in [0.25, 0.3) is 43.1 Å². The van der Waals surface area contributed by atoms with Crippen LogP contribution in [0.15, 0.2) is 176 Å². The second kappa shape index (κ2) is 57.1. The van der Waals surface area contributed by atoms with E-state index < -0.39 is 101 Å². The highest BCUT2D eigenvalue weighted by molar-refractivity contribution is 7.80. The fourth-order valence-electron chi connectivity index (χ4n) is 14.6. The van der Waals surface area contributed by atoms with E-state index in [2.05, 4.69) is 81.8 Å². The van der Waals surface area contributed by atoms with Crippen LogP contribution in [0.1, 0.15) is 137 Å². The van der Waals surface area contributed by atoms with Crippen LogP contribution < -0.4 is 44.2 Å². The SMILES string of the molecule is NCCCCC(CC(=O)Cc1ccc2cc(N[C@H](CS)C(=O)O)ccc2c1)C(=O)O.NCCCCC(CC(=O)Cc1cccc2ccccc12)C(=O)N[C@@H](CS)C(=O)O.NCCCC[C@H](NC(=O)C(CC(=O)Cc1cccc2ccccc12)Cc1cnc[nH]1)C(=O)CC(CS)C(=O)O.NCCCC[C@H](NC(=O)C(CS)CC(=O)Cc1cccc2ccccc12)C(=O)O. The standard InChI is InChI=1S/C29H36N4O5S.C22H28N2O5S.2C22H28N2O4S/c30-11-4-3-10-26(27(35)15-22(17-39)29(37)38)33-28(36)21(12-23-16-31-18-32-23)14-24(34)13-20-8-5-7-19-6-1-2-9-25(19)20;23-8-2-1-3-17(21(26)27)12-19(25)10-14-4-5-16-11-18(7-6-15(16)9-14)24-20(13-30)22(28)29;23-11-4-3-10-20(22(27)28)24-21(26)17(14-29)13-18(25)12-16-8-5-7-15-6-1-2-9-19(15)16;23-11-4-3-7-17(21(26)24-20(14-29)22(27)28)13-18(25)12-16-9-5-8-15-6-1-2-10-19(15)16/h1-2,5-9,16,18,21-22,26,39H,3-4,10-15,17,30H2,(H,31,32)(H,33,36)(H,37,38);4-7,9,11,17,20,24,30H,1-3,8,10,12-13,23H2,(H,26,27)(H,28,29);1-2,5-9,17,20,29H,3-4,10-14,23H2,(H,24,26)(H,27,28);1-2,5-6,8-10,17,20,29H,3-4,7,11-14,23H2,(H,24,26)(H,27,28)/t21?,22?,26-;3*17?,20-/m0100/s1. The number of benzene rings is 8. The van der Waals surface area contributed by atoms with Crippen molar-refractivity contribution in [1.82, 2.24) is 25.9 Å². The van der Waals surface area contributed by atoms with Crippen LogP contribution in [0, 0.1) is 29.6 Å². The summed E-state index contributed by atoms with van der Waals surface area (Å²) in [5, 5.41) is 65.1. The van der Waals surface area contributed by atoms with Gasteiger partial charge >= 0.3 is 29.8 Å². The summed E-state index contributed by atoms with van der Waals surface area (Å²) in [6.07, 6.45) is 11.0. The lowest BCUT2D eigenvalue weighted by atomic mass is 9.91. The second-order valence-electron chi connectivity index (χ2n) is 31.4. The molecule has 0 spiro atoms. The minimum Gasteiger partial charge on any atom is -0.481 e. The van der Waals surface area contributed by atoms with Gasteiger partial charge in [-0.3, -0.25) is 47.9 Å². The summed E-state index contributed by atoms with van der Waals surface area (Å²) in [7, 11) is 0. The molecular formula is C95H120N10O18S4. The van der Waals surface area contributed by atoms with Crippen LogP contribution in [0.2, 0.25) is 0 Å². The fraction of sp³-hybridized carbons (Fsp3) is 0.411. The average molecular weight is 1820 g/mol. The maximum absolute atomic E-state index is 13.5. The van der Waals surface area contributed by atoms with Crippen molar-refractivity contribution < 1.29 is 87.9 Å². The zero-order valence-electron chi connectivity index (χ0n) is 71.2. The Kier molecular flexibility index (Phi) is 47.2. The van der Waals surface area contributed by atoms with Gasteiger partial charge in [0.1, 0.15) is 41.3 Å². The number of aromatic nitrogens is 2. The first-order valence-electron chi connectivity index (χ1n) is 42.6. The lowest BCUT2D eigenvalue weighted by molar-refractivity contribution is -0.144. The van der Waals surface area contributed by atoms with Crippen molar-refractivity contribution in [3.63, 3.8) is 0 Å². The lowest BCUT2D eigenvalue weighted by Crippen LogP contribution is -2.45. The molecule has 9 rings (SSSR count). The molecule has 0 fully saturated rings. The molecule has 9 atom stereocenters. The number of hydrogen-bond donors (Lipinski definition) is 18. The van der Waals surface area contributed by atoms with E-state index in [9.17, 15) is 77.6 Å². The molecule has 28 nitrogen and oxygen atoms in total. The number of thiol groups is 4. The van der Waals surface area contributed by atoms with Crippen molar-refractivity contribution in [3.05, 3.63) is 204 Å². The lowest BCUT2D eigenvalue weighted by Gasteiger charge is -2.23. The van der Waals surface area contributed by atoms with Crippen molar-refractivity contribution in [2.75, 3.05) is 54.5 Å². The summed E-state index contributed by atoms with van der Waals surface area (Å²) in [5.74, 6) is -10.5. The summed E-state index contributed by atoms with van der Waals surface area (Å²) in [6, 6.07) is 48.4.